The molecule has 6 heteroatoms. The maximum atomic E-state index is 12.4. The summed E-state index contributed by atoms with van der Waals surface area (Å²) < 4.78 is 27.4. The second-order valence-corrected chi connectivity index (χ2v) is 7.17. The molecule has 1 fully saturated rings. The van der Waals surface area contributed by atoms with Crippen LogP contribution in [0.4, 0.5) is 0 Å². The number of hydrogen-bond acceptors (Lipinski definition) is 4. The monoisotopic (exact) mass is 307 g/mol. The van der Waals surface area contributed by atoms with E-state index < -0.39 is 10.0 Å². The lowest BCUT2D eigenvalue weighted by molar-refractivity contribution is 0.215. The second-order valence-electron chi connectivity index (χ2n) is 5.49. The zero-order valence-electron chi connectivity index (χ0n) is 12.2. The summed E-state index contributed by atoms with van der Waals surface area (Å²) in [5.74, 6) is 0. The minimum atomic E-state index is -3.65. The van der Waals surface area contributed by atoms with Crippen molar-refractivity contribution in [2.45, 2.75) is 37.1 Å². The topological polar surface area (TPSA) is 73.2 Å². The van der Waals surface area contributed by atoms with Crippen molar-refractivity contribution < 1.29 is 8.42 Å². The number of hydrogen-bond donors (Lipinski definition) is 1. The van der Waals surface area contributed by atoms with Gasteiger partial charge in [-0.2, -0.15) is 5.26 Å². The van der Waals surface area contributed by atoms with Crippen LogP contribution in [0.25, 0.3) is 0 Å². The van der Waals surface area contributed by atoms with E-state index in [1.54, 1.807) is 12.1 Å². The first-order chi connectivity index (χ1) is 10.0. The molecule has 0 saturated carbocycles. The van der Waals surface area contributed by atoms with Crippen LogP contribution >= 0.6 is 0 Å². The average Bonchev–Trinajstić information content (AvgIpc) is 2.47. The van der Waals surface area contributed by atoms with Gasteiger partial charge in [0.25, 0.3) is 0 Å². The van der Waals surface area contributed by atoms with Crippen molar-refractivity contribution >= 4 is 10.0 Å². The summed E-state index contributed by atoms with van der Waals surface area (Å²) in [7, 11) is -3.65. The molecule has 2 rings (SSSR count). The molecule has 0 aromatic heterocycles. The van der Waals surface area contributed by atoms with Gasteiger partial charge in [0.1, 0.15) is 6.07 Å². The van der Waals surface area contributed by atoms with E-state index >= 15 is 0 Å². The van der Waals surface area contributed by atoms with Gasteiger partial charge < -0.3 is 4.90 Å². The van der Waals surface area contributed by atoms with Crippen molar-refractivity contribution in [3.05, 3.63) is 29.8 Å². The third-order valence-corrected chi connectivity index (χ3v) is 5.28. The van der Waals surface area contributed by atoms with E-state index in [9.17, 15) is 8.42 Å². The molecule has 5 nitrogen and oxygen atoms in total. The third-order valence-electron chi connectivity index (χ3n) is 3.63. The summed E-state index contributed by atoms with van der Waals surface area (Å²) in [6.45, 7) is 4.62. The van der Waals surface area contributed by atoms with E-state index in [1.165, 1.54) is 31.4 Å². The Morgan fingerprint density at radius 2 is 1.95 bits per heavy atom. The summed E-state index contributed by atoms with van der Waals surface area (Å²) in [6, 6.07) is 8.02. The van der Waals surface area contributed by atoms with Gasteiger partial charge >= 0.3 is 0 Å². The van der Waals surface area contributed by atoms with Crippen molar-refractivity contribution in [3.8, 4) is 6.07 Å². The predicted octanol–water partition coefficient (Wildman–Crippen LogP) is 1.71. The highest BCUT2D eigenvalue weighted by Crippen LogP contribution is 2.15. The SMILES string of the molecule is CC(CN1CCCCC1)NS(=O)(=O)c1ccccc1C#N. The smallest absolute Gasteiger partial charge is 0.242 e. The Balaban J connectivity index is 2.04. The largest absolute Gasteiger partial charge is 0.302 e. The third kappa shape index (κ3) is 4.27. The van der Waals surface area contributed by atoms with Crippen LogP contribution in [0.15, 0.2) is 29.2 Å². The molecule has 1 saturated heterocycles. The molecule has 21 heavy (non-hydrogen) atoms. The Morgan fingerprint density at radius 1 is 1.29 bits per heavy atom. The van der Waals surface area contributed by atoms with Crippen LogP contribution in [-0.4, -0.2) is 39.0 Å². The van der Waals surface area contributed by atoms with Crippen LogP contribution in [0.3, 0.4) is 0 Å². The average molecular weight is 307 g/mol. The standard InChI is InChI=1S/C15H21N3O2S/c1-13(12-18-9-5-2-6-10-18)17-21(19,20)15-8-4-3-7-14(15)11-16/h3-4,7-8,13,17H,2,5-6,9-10,12H2,1H3. The van der Waals surface area contributed by atoms with E-state index in [1.807, 2.05) is 13.0 Å². The van der Waals surface area contributed by atoms with E-state index in [0.29, 0.717) is 6.54 Å². The normalized spacial score (nSPS) is 18.1. The molecule has 0 radical (unpaired) electrons. The molecule has 1 unspecified atom stereocenters. The number of benzene rings is 1. The molecular formula is C15H21N3O2S. The number of nitrogens with one attached hydrogen (secondary N) is 1. The first kappa shape index (κ1) is 16.0. The van der Waals surface area contributed by atoms with Gasteiger partial charge in [-0.3, -0.25) is 0 Å². The number of rotatable bonds is 5. The van der Waals surface area contributed by atoms with Crippen molar-refractivity contribution in [3.63, 3.8) is 0 Å². The van der Waals surface area contributed by atoms with Gasteiger partial charge in [-0.05, 0) is 45.0 Å². The first-order valence-corrected chi connectivity index (χ1v) is 8.75. The fourth-order valence-electron chi connectivity index (χ4n) is 2.69. The summed E-state index contributed by atoms with van der Waals surface area (Å²) in [5.41, 5.74) is 0.176. The number of piperidine rings is 1. The molecular weight excluding hydrogens is 286 g/mol. The van der Waals surface area contributed by atoms with Crippen LogP contribution in [0, 0.1) is 11.3 Å². The Morgan fingerprint density at radius 3 is 2.62 bits per heavy atom. The molecule has 0 spiro atoms. The van der Waals surface area contributed by atoms with Gasteiger partial charge in [-0.15, -0.1) is 0 Å². The van der Waals surface area contributed by atoms with Crippen LogP contribution < -0.4 is 4.72 Å². The molecule has 0 aliphatic carbocycles. The fraction of sp³-hybridized carbons (Fsp3) is 0.533. The van der Waals surface area contributed by atoms with Crippen molar-refractivity contribution in [1.82, 2.24) is 9.62 Å². The second kappa shape index (κ2) is 7.03. The van der Waals surface area contributed by atoms with Gasteiger partial charge in [-0.25, -0.2) is 13.1 Å². The van der Waals surface area contributed by atoms with Crippen molar-refractivity contribution in [2.75, 3.05) is 19.6 Å². The lowest BCUT2D eigenvalue weighted by Gasteiger charge is -2.29. The van der Waals surface area contributed by atoms with E-state index in [4.69, 9.17) is 5.26 Å². The quantitative estimate of drug-likeness (QED) is 0.899. The highest BCUT2D eigenvalue weighted by molar-refractivity contribution is 7.89. The summed E-state index contributed by atoms with van der Waals surface area (Å²) in [4.78, 5) is 2.34. The molecule has 1 aromatic rings. The number of likely N-dealkylation sites (tertiary alicyclic amines) is 1. The minimum Gasteiger partial charge on any atom is -0.302 e. The predicted molar refractivity (Wildman–Crippen MR) is 81.2 cm³/mol. The summed E-state index contributed by atoms with van der Waals surface area (Å²) >= 11 is 0. The minimum absolute atomic E-state index is 0.0537. The number of sulfonamides is 1. The van der Waals surface area contributed by atoms with Gasteiger partial charge in [0.15, 0.2) is 0 Å². The zero-order valence-corrected chi connectivity index (χ0v) is 13.1. The van der Waals surface area contributed by atoms with E-state index in [2.05, 4.69) is 9.62 Å². The Kier molecular flexibility index (Phi) is 5.34. The molecule has 1 atom stereocenters. The molecule has 1 N–H and O–H groups in total. The lowest BCUT2D eigenvalue weighted by atomic mass is 10.1. The van der Waals surface area contributed by atoms with Gasteiger partial charge in [-0.1, -0.05) is 18.6 Å². The summed E-state index contributed by atoms with van der Waals surface area (Å²) in [6.07, 6.45) is 3.61. The molecule has 0 bridgehead atoms. The van der Waals surface area contributed by atoms with Gasteiger partial charge in [0.05, 0.1) is 10.5 Å². The summed E-state index contributed by atoms with van der Waals surface area (Å²) in [5, 5.41) is 9.03. The van der Waals surface area contributed by atoms with Crippen LogP contribution in [0.1, 0.15) is 31.7 Å². The molecule has 114 valence electrons. The highest BCUT2D eigenvalue weighted by Gasteiger charge is 2.22. The molecule has 1 aliphatic heterocycles. The number of nitrogens with zero attached hydrogens (tertiary/aromatic N) is 2. The molecule has 1 heterocycles. The Hall–Kier alpha value is -1.42. The highest BCUT2D eigenvalue weighted by atomic mass is 32.2. The maximum absolute atomic E-state index is 12.4. The van der Waals surface area contributed by atoms with Crippen molar-refractivity contribution in [1.29, 1.82) is 5.26 Å². The van der Waals surface area contributed by atoms with Gasteiger partial charge in [0, 0.05) is 12.6 Å². The van der Waals surface area contributed by atoms with Crippen LogP contribution in [0.2, 0.25) is 0 Å². The number of nitriles is 1. The maximum Gasteiger partial charge on any atom is 0.242 e. The first-order valence-electron chi connectivity index (χ1n) is 7.27. The molecule has 1 aromatic carbocycles. The Bertz CT molecular complexity index is 616. The van der Waals surface area contributed by atoms with E-state index in [-0.39, 0.29) is 16.5 Å². The van der Waals surface area contributed by atoms with Crippen LogP contribution in [0.5, 0.6) is 0 Å². The lowest BCUT2D eigenvalue weighted by Crippen LogP contribution is -2.43. The zero-order chi connectivity index (χ0) is 15.3. The van der Waals surface area contributed by atoms with E-state index in [0.717, 1.165) is 13.1 Å². The molecule has 1 aliphatic rings. The Labute approximate surface area is 126 Å². The molecule has 0 amide bonds. The van der Waals surface area contributed by atoms with Crippen molar-refractivity contribution in [2.24, 2.45) is 0 Å². The fourth-order valence-corrected chi connectivity index (χ4v) is 4.08. The van der Waals surface area contributed by atoms with Crippen LogP contribution in [-0.2, 0) is 10.0 Å². The van der Waals surface area contributed by atoms with Gasteiger partial charge in [0.2, 0.25) is 10.0 Å².